The molecule has 22 heavy (non-hydrogen) atoms. The van der Waals surface area contributed by atoms with Gasteiger partial charge in [-0.05, 0) is 85.4 Å². The van der Waals surface area contributed by atoms with Crippen LogP contribution in [0.5, 0.6) is 0 Å². The Morgan fingerprint density at radius 3 is 1.86 bits per heavy atom. The van der Waals surface area contributed by atoms with Gasteiger partial charge in [-0.1, -0.05) is 54.9 Å². The average molecular weight is 307 g/mol. The molecule has 2 rings (SSSR count). The van der Waals surface area contributed by atoms with E-state index in [1.54, 1.807) is 0 Å². The van der Waals surface area contributed by atoms with Crippen LogP contribution in [0, 0.1) is 53.3 Å². The molecule has 0 heterocycles. The predicted molar refractivity (Wildman–Crippen MR) is 98.8 cm³/mol. The van der Waals surface area contributed by atoms with Gasteiger partial charge in [0, 0.05) is 0 Å². The third kappa shape index (κ3) is 4.30. The monoisotopic (exact) mass is 306 g/mol. The van der Waals surface area contributed by atoms with Crippen molar-refractivity contribution < 1.29 is 0 Å². The van der Waals surface area contributed by atoms with Crippen LogP contribution in [0.1, 0.15) is 87.0 Å². The quantitative estimate of drug-likeness (QED) is 0.522. The molecule has 2 aliphatic rings. The van der Waals surface area contributed by atoms with Crippen LogP contribution < -0.4 is 0 Å². The molecule has 0 amide bonds. The molecule has 2 aliphatic carbocycles. The maximum atomic E-state index is 2.57. The topological polar surface area (TPSA) is 0 Å². The van der Waals surface area contributed by atoms with E-state index in [4.69, 9.17) is 0 Å². The molecule has 0 aromatic heterocycles. The lowest BCUT2D eigenvalue weighted by atomic mass is 9.63. The van der Waals surface area contributed by atoms with Gasteiger partial charge >= 0.3 is 0 Å². The summed E-state index contributed by atoms with van der Waals surface area (Å²) in [6.07, 6.45) is 8.86. The molecule has 0 spiro atoms. The van der Waals surface area contributed by atoms with Crippen molar-refractivity contribution in [2.75, 3.05) is 0 Å². The molecule has 0 heteroatoms. The van der Waals surface area contributed by atoms with Gasteiger partial charge in [0.25, 0.3) is 0 Å². The molecule has 2 saturated carbocycles. The van der Waals surface area contributed by atoms with E-state index in [0.29, 0.717) is 0 Å². The zero-order chi connectivity index (χ0) is 16.4. The Bertz CT molecular complexity index is 321. The molecule has 130 valence electrons. The fourth-order valence-electron chi connectivity index (χ4n) is 5.92. The summed E-state index contributed by atoms with van der Waals surface area (Å²) >= 11 is 0. The second-order valence-electron chi connectivity index (χ2n) is 9.79. The summed E-state index contributed by atoms with van der Waals surface area (Å²) < 4.78 is 0. The summed E-state index contributed by atoms with van der Waals surface area (Å²) in [5.74, 6) is 8.55. The Morgan fingerprint density at radius 2 is 1.32 bits per heavy atom. The summed E-state index contributed by atoms with van der Waals surface area (Å²) in [5.41, 5.74) is 0. The normalized spacial score (nSPS) is 46.2. The molecule has 0 saturated heterocycles. The minimum absolute atomic E-state index is 0.911. The Balaban J connectivity index is 1.89. The van der Waals surface area contributed by atoms with Crippen LogP contribution in [0.25, 0.3) is 0 Å². The van der Waals surface area contributed by atoms with Gasteiger partial charge in [-0.15, -0.1) is 0 Å². The second kappa shape index (κ2) is 7.71. The molecular weight excluding hydrogens is 264 g/mol. The van der Waals surface area contributed by atoms with E-state index in [-0.39, 0.29) is 0 Å². The van der Waals surface area contributed by atoms with Gasteiger partial charge in [0.1, 0.15) is 0 Å². The molecule has 0 aromatic carbocycles. The van der Waals surface area contributed by atoms with E-state index in [1.165, 1.54) is 38.5 Å². The summed E-state index contributed by atoms with van der Waals surface area (Å²) in [7, 11) is 0. The third-order valence-electron chi connectivity index (χ3n) is 7.93. The Morgan fingerprint density at radius 1 is 0.727 bits per heavy atom. The van der Waals surface area contributed by atoms with Crippen molar-refractivity contribution in [2.24, 2.45) is 53.3 Å². The first-order valence-corrected chi connectivity index (χ1v) is 10.3. The van der Waals surface area contributed by atoms with E-state index in [1.807, 2.05) is 0 Å². The highest BCUT2D eigenvalue weighted by molar-refractivity contribution is 4.85. The standard InChI is InChI=1S/C22H42/c1-14-10-18(5)22(19(6)11-14)13-17(4)20(7)21-9-8-15(2)16(3)12-21/h14-22H,8-13H2,1-7H3/t14?,15-,16+,17-,18-,19+,20+,21+,22?/m0/s1. The Kier molecular flexibility index (Phi) is 6.43. The second-order valence-corrected chi connectivity index (χ2v) is 9.79. The van der Waals surface area contributed by atoms with Crippen LogP contribution in [0.15, 0.2) is 0 Å². The molecule has 0 radical (unpaired) electrons. The van der Waals surface area contributed by atoms with Crippen molar-refractivity contribution >= 4 is 0 Å². The van der Waals surface area contributed by atoms with E-state index in [9.17, 15) is 0 Å². The maximum Gasteiger partial charge on any atom is -0.0360 e. The van der Waals surface area contributed by atoms with Gasteiger partial charge in [0.2, 0.25) is 0 Å². The summed E-state index contributed by atoms with van der Waals surface area (Å²) in [5, 5.41) is 0. The van der Waals surface area contributed by atoms with Crippen molar-refractivity contribution in [3.8, 4) is 0 Å². The minimum Gasteiger partial charge on any atom is -0.0625 e. The lowest BCUT2D eigenvalue weighted by molar-refractivity contribution is 0.0773. The summed E-state index contributed by atoms with van der Waals surface area (Å²) in [6, 6.07) is 0. The van der Waals surface area contributed by atoms with Crippen LogP contribution in [0.2, 0.25) is 0 Å². The highest BCUT2D eigenvalue weighted by atomic mass is 14.4. The van der Waals surface area contributed by atoms with Gasteiger partial charge in [-0.2, -0.15) is 0 Å². The van der Waals surface area contributed by atoms with Crippen LogP contribution >= 0.6 is 0 Å². The molecule has 2 unspecified atom stereocenters. The Labute approximate surface area is 140 Å². The SMILES string of the molecule is CC1C[C@@H](C)C(C[C@H](C)[C@@H](C)[C@@H]2CC[C@H](C)[C@H](C)C2)[C@@H](C)C1. The lowest BCUT2D eigenvalue weighted by Gasteiger charge is -2.42. The highest BCUT2D eigenvalue weighted by Crippen LogP contribution is 2.45. The maximum absolute atomic E-state index is 2.57. The molecule has 0 bridgehead atoms. The lowest BCUT2D eigenvalue weighted by Crippen LogP contribution is -2.33. The van der Waals surface area contributed by atoms with Crippen LogP contribution in [0.3, 0.4) is 0 Å². The predicted octanol–water partition coefficient (Wildman–Crippen LogP) is 7.04. The van der Waals surface area contributed by atoms with Gasteiger partial charge < -0.3 is 0 Å². The smallest absolute Gasteiger partial charge is 0.0360 e. The number of hydrogen-bond acceptors (Lipinski definition) is 0. The van der Waals surface area contributed by atoms with E-state index >= 15 is 0 Å². The summed E-state index contributed by atoms with van der Waals surface area (Å²) in [6.45, 7) is 17.6. The first-order valence-electron chi connectivity index (χ1n) is 10.3. The van der Waals surface area contributed by atoms with E-state index < -0.39 is 0 Å². The molecule has 0 aromatic rings. The molecule has 0 nitrogen and oxygen atoms in total. The molecule has 2 fully saturated rings. The van der Waals surface area contributed by atoms with Gasteiger partial charge in [0.05, 0.1) is 0 Å². The average Bonchev–Trinajstić information content (AvgIpc) is 2.44. The zero-order valence-corrected chi connectivity index (χ0v) is 16.4. The molecular formula is C22H42. The van der Waals surface area contributed by atoms with Crippen molar-refractivity contribution in [1.29, 1.82) is 0 Å². The van der Waals surface area contributed by atoms with Crippen LogP contribution in [-0.2, 0) is 0 Å². The Hall–Kier alpha value is 0. The first-order chi connectivity index (χ1) is 10.3. The number of hydrogen-bond donors (Lipinski definition) is 0. The van der Waals surface area contributed by atoms with Crippen LogP contribution in [0.4, 0.5) is 0 Å². The third-order valence-corrected chi connectivity index (χ3v) is 7.93. The molecule has 0 aliphatic heterocycles. The summed E-state index contributed by atoms with van der Waals surface area (Å²) in [4.78, 5) is 0. The van der Waals surface area contributed by atoms with E-state index in [2.05, 4.69) is 48.5 Å². The number of rotatable bonds is 4. The van der Waals surface area contributed by atoms with Crippen LogP contribution in [-0.4, -0.2) is 0 Å². The molecule has 9 atom stereocenters. The first kappa shape index (κ1) is 18.3. The fraction of sp³-hybridized carbons (Fsp3) is 1.00. The van der Waals surface area contributed by atoms with Gasteiger partial charge in [-0.25, -0.2) is 0 Å². The van der Waals surface area contributed by atoms with Crippen molar-refractivity contribution in [1.82, 2.24) is 0 Å². The van der Waals surface area contributed by atoms with Crippen molar-refractivity contribution in [3.05, 3.63) is 0 Å². The van der Waals surface area contributed by atoms with Crippen molar-refractivity contribution in [2.45, 2.75) is 87.0 Å². The molecule has 0 N–H and O–H groups in total. The van der Waals surface area contributed by atoms with Gasteiger partial charge in [0.15, 0.2) is 0 Å². The largest absolute Gasteiger partial charge is 0.0625 e. The van der Waals surface area contributed by atoms with Crippen molar-refractivity contribution in [3.63, 3.8) is 0 Å². The fourth-order valence-corrected chi connectivity index (χ4v) is 5.92. The highest BCUT2D eigenvalue weighted by Gasteiger charge is 2.35. The van der Waals surface area contributed by atoms with Gasteiger partial charge in [-0.3, -0.25) is 0 Å². The zero-order valence-electron chi connectivity index (χ0n) is 16.4. The van der Waals surface area contributed by atoms with E-state index in [0.717, 1.165) is 53.3 Å². The minimum atomic E-state index is 0.911.